The molecule has 0 spiro atoms. The number of benzene rings is 2. The van der Waals surface area contributed by atoms with Gasteiger partial charge in [0.25, 0.3) is 0 Å². The van der Waals surface area contributed by atoms with Crippen LogP contribution in [0.5, 0.6) is 11.5 Å². The van der Waals surface area contributed by atoms with Gasteiger partial charge in [-0.2, -0.15) is 0 Å². The molecular weight excluding hydrogens is 312 g/mol. The van der Waals surface area contributed by atoms with Crippen molar-refractivity contribution in [3.05, 3.63) is 70.7 Å². The molecule has 0 bridgehead atoms. The first-order valence-corrected chi connectivity index (χ1v) is 7.12. The number of aromatic nitrogens is 1. The normalized spacial score (nSPS) is 10.4. The summed E-state index contributed by atoms with van der Waals surface area (Å²) in [4.78, 5) is 14.7. The minimum absolute atomic E-state index is 0.0139. The van der Waals surface area contributed by atoms with Gasteiger partial charge in [-0.15, -0.1) is 0 Å². The number of methoxy groups -OCH3 is 1. The predicted octanol–water partition coefficient (Wildman–Crippen LogP) is 3.84. The summed E-state index contributed by atoms with van der Waals surface area (Å²) in [5.74, 6) is 1.45. The van der Waals surface area contributed by atoms with Gasteiger partial charge < -0.3 is 13.9 Å². The summed E-state index contributed by atoms with van der Waals surface area (Å²) in [6.07, 6.45) is 1.59. The van der Waals surface area contributed by atoms with Crippen LogP contribution in [0.25, 0.3) is 11.3 Å². The first-order valence-electron chi connectivity index (χ1n) is 7.12. The Kier molecular flexibility index (Phi) is 4.42. The zero-order valence-electron chi connectivity index (χ0n) is 12.8. The Hall–Kier alpha value is -3.35. The van der Waals surface area contributed by atoms with Crippen molar-refractivity contribution in [1.82, 2.24) is 4.98 Å². The lowest BCUT2D eigenvalue weighted by molar-refractivity contribution is -0.386. The molecule has 0 unspecified atom stereocenters. The summed E-state index contributed by atoms with van der Waals surface area (Å²) < 4.78 is 16.1. The van der Waals surface area contributed by atoms with Gasteiger partial charge in [-0.05, 0) is 12.1 Å². The van der Waals surface area contributed by atoms with E-state index in [9.17, 15) is 10.1 Å². The number of ether oxygens (including phenoxy) is 2. The number of rotatable bonds is 6. The average molecular weight is 326 g/mol. The lowest BCUT2D eigenvalue weighted by Crippen LogP contribution is -1.99. The molecule has 3 aromatic rings. The second-order valence-electron chi connectivity index (χ2n) is 4.86. The van der Waals surface area contributed by atoms with Crippen molar-refractivity contribution >= 4 is 5.69 Å². The van der Waals surface area contributed by atoms with E-state index >= 15 is 0 Å². The molecule has 2 aromatic carbocycles. The molecule has 0 amide bonds. The molecule has 3 rings (SSSR count). The third-order valence-corrected chi connectivity index (χ3v) is 3.33. The van der Waals surface area contributed by atoms with Gasteiger partial charge in [0.2, 0.25) is 5.89 Å². The zero-order chi connectivity index (χ0) is 16.9. The summed E-state index contributed by atoms with van der Waals surface area (Å²) in [5.41, 5.74) is 0.718. The number of hydrogen-bond acceptors (Lipinski definition) is 6. The van der Waals surface area contributed by atoms with Crippen molar-refractivity contribution in [2.45, 2.75) is 6.61 Å². The van der Waals surface area contributed by atoms with Crippen LogP contribution >= 0.6 is 0 Å². The maximum absolute atomic E-state index is 11.1. The Morgan fingerprint density at radius 1 is 1.21 bits per heavy atom. The lowest BCUT2D eigenvalue weighted by Gasteiger charge is -2.06. The van der Waals surface area contributed by atoms with Gasteiger partial charge >= 0.3 is 5.69 Å². The molecule has 7 nitrogen and oxygen atoms in total. The van der Waals surface area contributed by atoms with E-state index in [0.717, 1.165) is 5.56 Å². The van der Waals surface area contributed by atoms with Crippen LogP contribution in [0.1, 0.15) is 5.89 Å². The molecule has 0 N–H and O–H groups in total. The van der Waals surface area contributed by atoms with Crippen LogP contribution in [-0.4, -0.2) is 17.0 Å². The van der Waals surface area contributed by atoms with Crippen LogP contribution in [0.2, 0.25) is 0 Å². The number of nitro groups is 1. The number of nitro benzene ring substituents is 1. The van der Waals surface area contributed by atoms with E-state index in [1.54, 1.807) is 12.3 Å². The molecule has 0 saturated carbocycles. The van der Waals surface area contributed by atoms with Crippen LogP contribution in [0.3, 0.4) is 0 Å². The third-order valence-electron chi connectivity index (χ3n) is 3.33. The molecule has 1 aromatic heterocycles. The molecule has 7 heteroatoms. The van der Waals surface area contributed by atoms with E-state index in [4.69, 9.17) is 13.9 Å². The lowest BCUT2D eigenvalue weighted by atomic mass is 10.2. The van der Waals surface area contributed by atoms with Gasteiger partial charge in [0, 0.05) is 5.56 Å². The Bertz CT molecular complexity index is 845. The highest BCUT2D eigenvalue weighted by Gasteiger charge is 2.17. The largest absolute Gasteiger partial charge is 0.496 e. The monoisotopic (exact) mass is 326 g/mol. The Morgan fingerprint density at radius 3 is 2.71 bits per heavy atom. The molecule has 1 heterocycles. The van der Waals surface area contributed by atoms with Gasteiger partial charge in [-0.25, -0.2) is 4.98 Å². The van der Waals surface area contributed by atoms with E-state index in [1.807, 2.05) is 30.3 Å². The Balaban J connectivity index is 1.75. The molecule has 24 heavy (non-hydrogen) atoms. The fourth-order valence-electron chi connectivity index (χ4n) is 2.14. The van der Waals surface area contributed by atoms with Gasteiger partial charge in [-0.1, -0.05) is 30.3 Å². The second kappa shape index (κ2) is 6.82. The van der Waals surface area contributed by atoms with Crippen molar-refractivity contribution in [2.75, 3.05) is 7.11 Å². The first-order chi connectivity index (χ1) is 11.7. The topological polar surface area (TPSA) is 87.6 Å². The molecule has 0 aliphatic carbocycles. The molecule has 122 valence electrons. The van der Waals surface area contributed by atoms with E-state index in [0.29, 0.717) is 17.4 Å². The zero-order valence-corrected chi connectivity index (χ0v) is 12.8. The molecule has 0 radical (unpaired) electrons. The minimum atomic E-state index is -0.525. The summed E-state index contributed by atoms with van der Waals surface area (Å²) in [7, 11) is 1.44. The van der Waals surface area contributed by atoms with Gasteiger partial charge in [0.05, 0.1) is 24.3 Å². The molecule has 0 fully saturated rings. The van der Waals surface area contributed by atoms with Crippen LogP contribution in [-0.2, 0) is 6.61 Å². The van der Waals surface area contributed by atoms with Crippen LogP contribution in [0.4, 0.5) is 5.69 Å². The summed E-state index contributed by atoms with van der Waals surface area (Å²) >= 11 is 0. The van der Waals surface area contributed by atoms with Crippen molar-refractivity contribution in [1.29, 1.82) is 0 Å². The van der Waals surface area contributed by atoms with Crippen molar-refractivity contribution < 1.29 is 18.8 Å². The third kappa shape index (κ3) is 3.35. The fraction of sp³-hybridized carbons (Fsp3) is 0.118. The van der Waals surface area contributed by atoms with Crippen LogP contribution < -0.4 is 9.47 Å². The number of nitrogens with zero attached hydrogens (tertiary/aromatic N) is 2. The Morgan fingerprint density at radius 2 is 2.00 bits per heavy atom. The first kappa shape index (κ1) is 15.5. The van der Waals surface area contributed by atoms with E-state index in [2.05, 4.69) is 4.98 Å². The summed E-state index contributed by atoms with van der Waals surface area (Å²) in [6.45, 7) is -0.0139. The molecule has 0 aliphatic rings. The number of oxazole rings is 1. The maximum Gasteiger partial charge on any atom is 0.314 e. The van der Waals surface area contributed by atoms with Crippen LogP contribution in [0.15, 0.2) is 59.1 Å². The van der Waals surface area contributed by atoms with Crippen molar-refractivity contribution in [3.63, 3.8) is 0 Å². The molecule has 0 atom stereocenters. The van der Waals surface area contributed by atoms with Gasteiger partial charge in [-0.3, -0.25) is 10.1 Å². The molecular formula is C17H14N2O5. The number of hydrogen-bond donors (Lipinski definition) is 0. The van der Waals surface area contributed by atoms with Crippen LogP contribution in [0, 0.1) is 10.1 Å². The predicted molar refractivity (Wildman–Crippen MR) is 85.9 cm³/mol. The van der Waals surface area contributed by atoms with E-state index < -0.39 is 4.92 Å². The SMILES string of the molecule is COc1ccc(OCc2ncc(-c3ccccc3)o2)c([N+](=O)[O-])c1. The molecule has 0 aliphatic heterocycles. The highest BCUT2D eigenvalue weighted by molar-refractivity contribution is 5.55. The summed E-state index contributed by atoms with van der Waals surface area (Å²) in [5, 5.41) is 11.1. The highest BCUT2D eigenvalue weighted by Crippen LogP contribution is 2.31. The molecule has 0 saturated heterocycles. The maximum atomic E-state index is 11.1. The Labute approximate surface area is 137 Å². The standard InChI is InChI=1S/C17H14N2O5/c1-22-13-7-8-15(14(9-13)19(20)21)23-11-17-18-10-16(24-17)12-5-3-2-4-6-12/h2-10H,11H2,1H3. The highest BCUT2D eigenvalue weighted by atomic mass is 16.6. The van der Waals surface area contributed by atoms with Crippen molar-refractivity contribution in [2.24, 2.45) is 0 Å². The second-order valence-corrected chi connectivity index (χ2v) is 4.86. The quantitative estimate of drug-likeness (QED) is 0.505. The van der Waals surface area contributed by atoms with E-state index in [1.165, 1.54) is 19.2 Å². The van der Waals surface area contributed by atoms with E-state index in [-0.39, 0.29) is 18.0 Å². The fourth-order valence-corrected chi connectivity index (χ4v) is 2.14. The smallest absolute Gasteiger partial charge is 0.314 e. The minimum Gasteiger partial charge on any atom is -0.496 e. The van der Waals surface area contributed by atoms with Gasteiger partial charge in [0.1, 0.15) is 5.75 Å². The van der Waals surface area contributed by atoms with Gasteiger partial charge in [0.15, 0.2) is 18.1 Å². The van der Waals surface area contributed by atoms with Crippen molar-refractivity contribution in [3.8, 4) is 22.8 Å². The summed E-state index contributed by atoms with van der Waals surface area (Å²) in [6, 6.07) is 13.9. The average Bonchev–Trinajstić information content (AvgIpc) is 3.09.